The van der Waals surface area contributed by atoms with E-state index in [0.29, 0.717) is 31.2 Å². The Morgan fingerprint density at radius 1 is 1.11 bits per heavy atom. The van der Waals surface area contributed by atoms with Crippen molar-refractivity contribution in [3.05, 3.63) is 59.9 Å². The second kappa shape index (κ2) is 10.4. The van der Waals surface area contributed by atoms with E-state index in [0.717, 1.165) is 11.8 Å². The van der Waals surface area contributed by atoms with Crippen molar-refractivity contribution in [2.75, 3.05) is 11.8 Å². The number of alkyl halides is 3. The molecule has 1 aliphatic carbocycles. The zero-order valence-corrected chi connectivity index (χ0v) is 20.3. The number of hydrogen-bond donors (Lipinski definition) is 2. The molecule has 0 aliphatic heterocycles. The highest BCUT2D eigenvalue weighted by atomic mass is 32.2. The number of benzene rings is 2. The molecule has 2 N–H and O–H groups in total. The SMILES string of the molecule is COc1cc(C(=O)O)ccc1NS(=O)(=O)c1coc(-c2ccc(C3CCC(OC(F)(F)F)CC3)cc2)n1. The first-order chi connectivity index (χ1) is 17.4. The summed E-state index contributed by atoms with van der Waals surface area (Å²) in [5.41, 5.74) is 1.42. The molecule has 0 saturated heterocycles. The van der Waals surface area contributed by atoms with Crippen LogP contribution in [0, 0.1) is 0 Å². The number of oxazole rings is 1. The van der Waals surface area contributed by atoms with Crippen molar-refractivity contribution in [1.29, 1.82) is 0 Å². The van der Waals surface area contributed by atoms with Crippen LogP contribution in [0.2, 0.25) is 0 Å². The first kappa shape index (κ1) is 26.5. The number of aromatic carboxylic acids is 1. The fourth-order valence-corrected chi connectivity index (χ4v) is 5.16. The molecule has 0 atom stereocenters. The third kappa shape index (κ3) is 6.41. The molecule has 198 valence electrons. The van der Waals surface area contributed by atoms with E-state index in [1.807, 2.05) is 12.1 Å². The Morgan fingerprint density at radius 2 is 1.78 bits per heavy atom. The molecule has 0 amide bonds. The van der Waals surface area contributed by atoms with Crippen LogP contribution < -0.4 is 9.46 Å². The molecule has 2 aromatic carbocycles. The minimum absolute atomic E-state index is 0.0155. The highest BCUT2D eigenvalue weighted by Gasteiger charge is 2.35. The van der Waals surface area contributed by atoms with Crippen LogP contribution in [-0.4, -0.2) is 44.1 Å². The Hall–Kier alpha value is -3.58. The van der Waals surface area contributed by atoms with Crippen LogP contribution in [0.1, 0.15) is 47.5 Å². The van der Waals surface area contributed by atoms with Gasteiger partial charge >= 0.3 is 12.3 Å². The number of carbonyl (C=O) groups is 1. The van der Waals surface area contributed by atoms with Crippen molar-refractivity contribution in [3.8, 4) is 17.2 Å². The van der Waals surface area contributed by atoms with E-state index in [2.05, 4.69) is 14.4 Å². The highest BCUT2D eigenvalue weighted by Crippen LogP contribution is 2.37. The smallest absolute Gasteiger partial charge is 0.495 e. The van der Waals surface area contributed by atoms with Crippen LogP contribution in [0.5, 0.6) is 5.75 Å². The monoisotopic (exact) mass is 540 g/mol. The summed E-state index contributed by atoms with van der Waals surface area (Å²) in [6, 6.07) is 10.7. The van der Waals surface area contributed by atoms with Gasteiger partial charge in [0.2, 0.25) is 10.9 Å². The maximum Gasteiger partial charge on any atom is 0.522 e. The molecular weight excluding hydrogens is 517 g/mol. The number of nitrogens with one attached hydrogen (secondary N) is 1. The first-order valence-corrected chi connectivity index (χ1v) is 12.7. The second-order valence-corrected chi connectivity index (χ2v) is 10.1. The van der Waals surface area contributed by atoms with Crippen LogP contribution in [0.15, 0.2) is 58.2 Å². The number of carboxylic acid groups (broad SMARTS) is 1. The van der Waals surface area contributed by atoms with E-state index in [-0.39, 0.29) is 33.8 Å². The number of nitrogens with zero attached hydrogens (tertiary/aromatic N) is 1. The molecule has 0 spiro atoms. The molecule has 0 unspecified atom stereocenters. The van der Waals surface area contributed by atoms with Crippen molar-refractivity contribution < 1.29 is 45.4 Å². The molecule has 13 heteroatoms. The Bertz CT molecular complexity index is 1360. The minimum atomic E-state index is -4.63. The summed E-state index contributed by atoms with van der Waals surface area (Å²) in [5, 5.41) is 8.71. The van der Waals surface area contributed by atoms with Crippen molar-refractivity contribution in [2.24, 2.45) is 0 Å². The molecule has 9 nitrogen and oxygen atoms in total. The molecule has 1 aliphatic rings. The predicted molar refractivity (Wildman–Crippen MR) is 125 cm³/mol. The van der Waals surface area contributed by atoms with Crippen molar-refractivity contribution in [2.45, 2.75) is 49.1 Å². The lowest BCUT2D eigenvalue weighted by atomic mass is 9.82. The average Bonchev–Trinajstić information content (AvgIpc) is 3.35. The Labute approximate surface area is 210 Å². The number of halogens is 3. The largest absolute Gasteiger partial charge is 0.522 e. The predicted octanol–water partition coefficient (Wildman–Crippen LogP) is 5.41. The zero-order valence-electron chi connectivity index (χ0n) is 19.5. The number of sulfonamides is 1. The van der Waals surface area contributed by atoms with Crippen molar-refractivity contribution in [1.82, 2.24) is 4.98 Å². The first-order valence-electron chi connectivity index (χ1n) is 11.2. The fraction of sp³-hybridized carbons (Fsp3) is 0.333. The number of ether oxygens (including phenoxy) is 2. The van der Waals surface area contributed by atoms with Crippen molar-refractivity contribution >= 4 is 21.7 Å². The van der Waals surface area contributed by atoms with E-state index in [9.17, 15) is 26.4 Å². The maximum atomic E-state index is 12.8. The van der Waals surface area contributed by atoms with Gasteiger partial charge in [-0.1, -0.05) is 12.1 Å². The van der Waals surface area contributed by atoms with Gasteiger partial charge in [-0.25, -0.2) is 4.79 Å². The van der Waals surface area contributed by atoms with Crippen LogP contribution in [0.4, 0.5) is 18.9 Å². The molecule has 3 aromatic rings. The van der Waals surface area contributed by atoms with Gasteiger partial charge in [-0.2, -0.15) is 13.4 Å². The molecule has 0 bridgehead atoms. The van der Waals surface area contributed by atoms with E-state index >= 15 is 0 Å². The Balaban J connectivity index is 1.43. The molecular formula is C24H23F3N2O7S. The van der Waals surface area contributed by atoms with Crippen molar-refractivity contribution in [3.63, 3.8) is 0 Å². The number of rotatable bonds is 8. The normalized spacial score (nSPS) is 18.4. The van der Waals surface area contributed by atoms with E-state index < -0.39 is 28.5 Å². The standard InChI is InChI=1S/C24H23F3N2O7S/c1-34-20-12-17(23(30)31)8-11-19(20)29-37(32,33)21-13-35-22(28-21)16-4-2-14(3-5-16)15-6-9-18(10-7-15)36-24(25,26)27/h2-5,8,11-13,15,18,29H,6-7,9-10H2,1H3,(H,30,31). The minimum Gasteiger partial charge on any atom is -0.495 e. The van der Waals surface area contributed by atoms with Gasteiger partial charge in [0.1, 0.15) is 12.0 Å². The molecule has 1 heterocycles. The highest BCUT2D eigenvalue weighted by molar-refractivity contribution is 7.92. The molecule has 1 saturated carbocycles. The van der Waals surface area contributed by atoms with E-state index in [4.69, 9.17) is 14.3 Å². The summed E-state index contributed by atoms with van der Waals surface area (Å²) in [6.45, 7) is 0. The quantitative estimate of drug-likeness (QED) is 0.388. The number of aromatic nitrogens is 1. The summed E-state index contributed by atoms with van der Waals surface area (Å²) >= 11 is 0. The molecule has 1 fully saturated rings. The number of carboxylic acids is 1. The maximum absolute atomic E-state index is 12.8. The van der Waals surface area contributed by atoms with Crippen LogP contribution in [0.25, 0.3) is 11.5 Å². The Morgan fingerprint density at radius 3 is 2.38 bits per heavy atom. The topological polar surface area (TPSA) is 128 Å². The van der Waals surface area contributed by atoms with Gasteiger partial charge in [-0.3, -0.25) is 9.46 Å². The summed E-state index contributed by atoms with van der Waals surface area (Å²) in [6.07, 6.45) is -2.74. The number of anilines is 1. The van der Waals surface area contributed by atoms with Gasteiger partial charge in [0, 0.05) is 5.56 Å². The zero-order chi connectivity index (χ0) is 26.8. The summed E-state index contributed by atoms with van der Waals surface area (Å²) in [7, 11) is -2.91. The third-order valence-electron chi connectivity index (χ3n) is 6.05. The lowest BCUT2D eigenvalue weighted by Gasteiger charge is -2.29. The van der Waals surface area contributed by atoms with Gasteiger partial charge in [0.25, 0.3) is 10.0 Å². The van der Waals surface area contributed by atoms with Crippen LogP contribution in [-0.2, 0) is 14.8 Å². The third-order valence-corrected chi connectivity index (χ3v) is 7.28. The average molecular weight is 541 g/mol. The summed E-state index contributed by atoms with van der Waals surface area (Å²) in [4.78, 5) is 15.2. The van der Waals surface area contributed by atoms with E-state index in [1.165, 1.54) is 25.3 Å². The van der Waals surface area contributed by atoms with Gasteiger partial charge < -0.3 is 14.3 Å². The fourth-order valence-electron chi connectivity index (χ4n) is 4.22. The van der Waals surface area contributed by atoms with Gasteiger partial charge in [0.15, 0.2) is 0 Å². The lowest BCUT2D eigenvalue weighted by Crippen LogP contribution is -2.27. The van der Waals surface area contributed by atoms with Gasteiger partial charge in [-0.15, -0.1) is 13.2 Å². The van der Waals surface area contributed by atoms with Gasteiger partial charge in [-0.05, 0) is 67.5 Å². The van der Waals surface area contributed by atoms with Crippen LogP contribution >= 0.6 is 0 Å². The Kier molecular flexibility index (Phi) is 7.46. The van der Waals surface area contributed by atoms with Gasteiger partial charge in [0.05, 0.1) is 24.5 Å². The second-order valence-electron chi connectivity index (χ2n) is 8.48. The molecule has 1 aromatic heterocycles. The number of hydrogen-bond acceptors (Lipinski definition) is 7. The summed E-state index contributed by atoms with van der Waals surface area (Å²) < 4.78 is 79.8. The number of methoxy groups -OCH3 is 1. The molecule has 37 heavy (non-hydrogen) atoms. The van der Waals surface area contributed by atoms with Crippen LogP contribution in [0.3, 0.4) is 0 Å². The molecule has 4 rings (SSSR count). The summed E-state index contributed by atoms with van der Waals surface area (Å²) in [5.74, 6) is -1.03. The molecule has 0 radical (unpaired) electrons. The lowest BCUT2D eigenvalue weighted by molar-refractivity contribution is -0.345. The van der Waals surface area contributed by atoms with E-state index in [1.54, 1.807) is 12.1 Å².